The molecule has 0 bridgehead atoms. The number of hydrogen-bond donors (Lipinski definition) is 1. The van der Waals surface area contributed by atoms with E-state index >= 15 is 0 Å². The van der Waals surface area contributed by atoms with E-state index in [1.54, 1.807) is 0 Å². The first-order chi connectivity index (χ1) is 8.22. The lowest BCUT2D eigenvalue weighted by molar-refractivity contribution is 0.462. The number of benzene rings is 1. The first-order valence-corrected chi connectivity index (χ1v) is 6.36. The Hall–Kier alpha value is -1.06. The van der Waals surface area contributed by atoms with Crippen molar-refractivity contribution >= 4 is 22.7 Å². The fourth-order valence-electron chi connectivity index (χ4n) is 2.43. The van der Waals surface area contributed by atoms with E-state index in [9.17, 15) is 0 Å². The third kappa shape index (κ3) is 2.17. The number of hydrogen-bond acceptors (Lipinski definition) is 3. The Morgan fingerprint density at radius 3 is 3.18 bits per heavy atom. The normalized spacial score (nSPS) is 20.2. The molecule has 1 aliphatic heterocycles. The molecule has 17 heavy (non-hydrogen) atoms. The van der Waals surface area contributed by atoms with Gasteiger partial charge in [-0.25, -0.2) is 4.98 Å². The van der Waals surface area contributed by atoms with Gasteiger partial charge in [-0.05, 0) is 50.0 Å². The van der Waals surface area contributed by atoms with Crippen molar-refractivity contribution in [2.45, 2.75) is 19.8 Å². The van der Waals surface area contributed by atoms with Crippen molar-refractivity contribution in [3.8, 4) is 0 Å². The molecule has 0 aliphatic carbocycles. The van der Waals surface area contributed by atoms with Gasteiger partial charge >= 0.3 is 0 Å². The van der Waals surface area contributed by atoms with Crippen molar-refractivity contribution in [2.75, 3.05) is 13.1 Å². The highest BCUT2D eigenvalue weighted by molar-refractivity contribution is 6.31. The van der Waals surface area contributed by atoms with Crippen LogP contribution in [0.25, 0.3) is 11.1 Å². The minimum atomic E-state index is 0.652. The summed E-state index contributed by atoms with van der Waals surface area (Å²) in [7, 11) is 0. The summed E-state index contributed by atoms with van der Waals surface area (Å²) in [6, 6.07) is 3.78. The van der Waals surface area contributed by atoms with E-state index in [0.29, 0.717) is 5.92 Å². The number of aryl methyl sites for hydroxylation is 1. The van der Waals surface area contributed by atoms with Gasteiger partial charge in [-0.3, -0.25) is 0 Å². The Balaban J connectivity index is 1.93. The van der Waals surface area contributed by atoms with Crippen molar-refractivity contribution < 1.29 is 4.42 Å². The molecule has 1 aromatic carbocycles. The Bertz CT molecular complexity index is 544. The predicted molar refractivity (Wildman–Crippen MR) is 68.4 cm³/mol. The van der Waals surface area contributed by atoms with Crippen LogP contribution in [0.1, 0.15) is 17.9 Å². The van der Waals surface area contributed by atoms with E-state index in [-0.39, 0.29) is 0 Å². The van der Waals surface area contributed by atoms with Crippen molar-refractivity contribution in [3.63, 3.8) is 0 Å². The Morgan fingerprint density at radius 1 is 1.53 bits per heavy atom. The number of fused-ring (bicyclic) bond motifs is 1. The van der Waals surface area contributed by atoms with Gasteiger partial charge in [0.25, 0.3) is 0 Å². The van der Waals surface area contributed by atoms with Gasteiger partial charge in [0.15, 0.2) is 11.5 Å². The highest BCUT2D eigenvalue weighted by Gasteiger charge is 2.18. The Labute approximate surface area is 105 Å². The summed E-state index contributed by atoms with van der Waals surface area (Å²) < 4.78 is 5.82. The second-order valence-corrected chi connectivity index (χ2v) is 5.18. The molecule has 1 saturated heterocycles. The molecule has 0 saturated carbocycles. The average molecular weight is 251 g/mol. The van der Waals surface area contributed by atoms with E-state index in [4.69, 9.17) is 16.0 Å². The highest BCUT2D eigenvalue weighted by atomic mass is 35.5. The van der Waals surface area contributed by atoms with Crippen LogP contribution in [0.15, 0.2) is 16.5 Å². The summed E-state index contributed by atoms with van der Waals surface area (Å²) >= 11 is 6.01. The zero-order chi connectivity index (χ0) is 11.8. The smallest absolute Gasteiger partial charge is 0.195 e. The fourth-order valence-corrected chi connectivity index (χ4v) is 2.69. The van der Waals surface area contributed by atoms with Crippen LogP contribution in [0.4, 0.5) is 0 Å². The molecule has 2 heterocycles. The summed E-state index contributed by atoms with van der Waals surface area (Å²) in [5.74, 6) is 1.48. The number of halogens is 1. The molecule has 1 N–H and O–H groups in total. The first-order valence-electron chi connectivity index (χ1n) is 5.98. The molecule has 2 aromatic rings. The van der Waals surface area contributed by atoms with E-state index in [2.05, 4.69) is 10.3 Å². The van der Waals surface area contributed by atoms with Crippen LogP contribution in [0.2, 0.25) is 5.02 Å². The molecule has 90 valence electrons. The second kappa shape index (κ2) is 4.31. The lowest BCUT2D eigenvalue weighted by Crippen LogP contribution is -2.10. The molecule has 3 nitrogen and oxygen atoms in total. The van der Waals surface area contributed by atoms with Crippen LogP contribution in [0.3, 0.4) is 0 Å². The number of aromatic nitrogens is 1. The van der Waals surface area contributed by atoms with Gasteiger partial charge < -0.3 is 9.73 Å². The molecular formula is C13H15ClN2O. The second-order valence-electron chi connectivity index (χ2n) is 4.74. The maximum absolute atomic E-state index is 6.01. The van der Waals surface area contributed by atoms with Gasteiger partial charge in [-0.2, -0.15) is 0 Å². The number of oxazole rings is 1. The molecule has 1 fully saturated rings. The fraction of sp³-hybridized carbons (Fsp3) is 0.462. The number of nitrogens with one attached hydrogen (secondary N) is 1. The van der Waals surface area contributed by atoms with Crippen LogP contribution < -0.4 is 5.32 Å². The van der Waals surface area contributed by atoms with E-state index in [1.165, 1.54) is 6.42 Å². The minimum absolute atomic E-state index is 0.652. The van der Waals surface area contributed by atoms with Crippen molar-refractivity contribution in [1.82, 2.24) is 10.3 Å². The highest BCUT2D eigenvalue weighted by Crippen LogP contribution is 2.25. The van der Waals surface area contributed by atoms with Crippen molar-refractivity contribution in [2.24, 2.45) is 5.92 Å². The molecule has 1 atom stereocenters. The Morgan fingerprint density at radius 2 is 2.41 bits per heavy atom. The molecule has 1 aliphatic rings. The van der Waals surface area contributed by atoms with Crippen LogP contribution in [-0.2, 0) is 6.42 Å². The van der Waals surface area contributed by atoms with Crippen LogP contribution in [0.5, 0.6) is 0 Å². The minimum Gasteiger partial charge on any atom is -0.440 e. The quantitative estimate of drug-likeness (QED) is 0.891. The van der Waals surface area contributed by atoms with Crippen LogP contribution >= 0.6 is 11.6 Å². The third-order valence-electron chi connectivity index (χ3n) is 3.31. The summed E-state index contributed by atoms with van der Waals surface area (Å²) in [5, 5.41) is 4.08. The van der Waals surface area contributed by atoms with Gasteiger partial charge in [0, 0.05) is 11.4 Å². The predicted octanol–water partition coefficient (Wildman–Crippen LogP) is 2.94. The first kappa shape index (κ1) is 11.1. The molecule has 0 amide bonds. The van der Waals surface area contributed by atoms with Gasteiger partial charge in [-0.15, -0.1) is 0 Å². The maximum atomic E-state index is 6.01. The van der Waals surface area contributed by atoms with E-state index < -0.39 is 0 Å². The van der Waals surface area contributed by atoms with Gasteiger partial charge in [0.1, 0.15) is 5.52 Å². The zero-order valence-corrected chi connectivity index (χ0v) is 10.5. The lowest BCUT2D eigenvalue weighted by Gasteiger charge is -2.02. The monoisotopic (exact) mass is 250 g/mol. The number of rotatable bonds is 2. The van der Waals surface area contributed by atoms with Crippen LogP contribution in [-0.4, -0.2) is 18.1 Å². The molecular weight excluding hydrogens is 236 g/mol. The lowest BCUT2D eigenvalue weighted by atomic mass is 10.1. The van der Waals surface area contributed by atoms with Crippen LogP contribution in [0, 0.1) is 12.8 Å². The molecule has 3 rings (SSSR count). The summed E-state index contributed by atoms with van der Waals surface area (Å²) in [5.41, 5.74) is 2.79. The molecule has 1 unspecified atom stereocenters. The topological polar surface area (TPSA) is 38.1 Å². The largest absolute Gasteiger partial charge is 0.440 e. The summed E-state index contributed by atoms with van der Waals surface area (Å²) in [6.07, 6.45) is 2.12. The molecule has 4 heteroatoms. The SMILES string of the molecule is Cc1cc(Cl)cc2nc(CC3CCNC3)oc12. The van der Waals surface area contributed by atoms with Crippen molar-refractivity contribution in [1.29, 1.82) is 0 Å². The van der Waals surface area contributed by atoms with Gasteiger partial charge in [0.05, 0.1) is 0 Å². The number of nitrogens with zero attached hydrogens (tertiary/aromatic N) is 1. The Kier molecular flexibility index (Phi) is 2.81. The zero-order valence-electron chi connectivity index (χ0n) is 9.79. The molecule has 0 radical (unpaired) electrons. The standard InChI is InChI=1S/C13H15ClN2O/c1-8-4-10(14)6-11-13(8)17-12(16-11)5-9-2-3-15-7-9/h4,6,9,15H,2-3,5,7H2,1H3. The maximum Gasteiger partial charge on any atom is 0.195 e. The van der Waals surface area contributed by atoms with E-state index in [0.717, 1.165) is 47.1 Å². The van der Waals surface area contributed by atoms with Gasteiger partial charge in [0.2, 0.25) is 0 Å². The summed E-state index contributed by atoms with van der Waals surface area (Å²) in [4.78, 5) is 4.52. The summed E-state index contributed by atoms with van der Waals surface area (Å²) in [6.45, 7) is 4.18. The molecule has 0 spiro atoms. The molecule has 1 aromatic heterocycles. The van der Waals surface area contributed by atoms with Crippen molar-refractivity contribution in [3.05, 3.63) is 28.6 Å². The van der Waals surface area contributed by atoms with E-state index in [1.807, 2.05) is 19.1 Å². The van der Waals surface area contributed by atoms with Gasteiger partial charge in [-0.1, -0.05) is 11.6 Å². The average Bonchev–Trinajstić information content (AvgIpc) is 2.87. The third-order valence-corrected chi connectivity index (χ3v) is 3.53.